The minimum Gasteiger partial charge on any atom is -0.326 e. The zero-order valence-electron chi connectivity index (χ0n) is 13.7. The zero-order chi connectivity index (χ0) is 18.4. The third-order valence-corrected chi connectivity index (χ3v) is 6.92. The molecule has 0 bridgehead atoms. The Morgan fingerprint density at radius 2 is 1.96 bits per heavy atom. The summed E-state index contributed by atoms with van der Waals surface area (Å²) in [5, 5.41) is 2.29. The van der Waals surface area contributed by atoms with Crippen LogP contribution < -0.4 is 5.32 Å². The minimum absolute atomic E-state index is 0.104. The summed E-state index contributed by atoms with van der Waals surface area (Å²) in [4.78, 5) is 35.8. The van der Waals surface area contributed by atoms with Crippen molar-refractivity contribution in [1.29, 1.82) is 0 Å². The lowest BCUT2D eigenvalue weighted by molar-refractivity contribution is -0.127. The number of hydrogen-bond donors (Lipinski definition) is 1. The number of anilines is 1. The third kappa shape index (κ3) is 3.29. The fraction of sp³-hybridized carbons (Fsp3) is 0.400. The maximum atomic E-state index is 12.7. The third-order valence-electron chi connectivity index (χ3n) is 4.09. The molecule has 0 radical (unpaired) electrons. The van der Waals surface area contributed by atoms with Crippen LogP contribution in [0.4, 0.5) is 10.5 Å². The fourth-order valence-corrected chi connectivity index (χ4v) is 5.35. The van der Waals surface area contributed by atoms with Crippen molar-refractivity contribution >= 4 is 44.5 Å². The van der Waals surface area contributed by atoms with Crippen LogP contribution in [0.2, 0.25) is 0 Å². The second-order valence-electron chi connectivity index (χ2n) is 5.96. The van der Waals surface area contributed by atoms with Crippen LogP contribution in [0, 0.1) is 6.92 Å². The molecule has 2 heterocycles. The Bertz CT molecular complexity index is 846. The van der Waals surface area contributed by atoms with E-state index in [0.717, 1.165) is 16.7 Å². The first-order chi connectivity index (χ1) is 11.7. The number of carbonyl (C=O) groups excluding carboxylic acids is 3. The molecule has 25 heavy (non-hydrogen) atoms. The summed E-state index contributed by atoms with van der Waals surface area (Å²) in [6, 6.07) is 4.17. The number of carbonyl (C=O) groups is 3. The van der Waals surface area contributed by atoms with Gasteiger partial charge in [-0.05, 0) is 30.7 Å². The lowest BCUT2D eigenvalue weighted by Gasteiger charge is -2.41. The smallest absolute Gasteiger partial charge is 0.289 e. The summed E-state index contributed by atoms with van der Waals surface area (Å²) in [6.07, 6.45) is 0. The largest absolute Gasteiger partial charge is 0.326 e. The van der Waals surface area contributed by atoms with Crippen LogP contribution in [-0.4, -0.2) is 59.6 Å². The summed E-state index contributed by atoms with van der Waals surface area (Å²) in [5.74, 6) is -0.391. The number of hydrogen-bond acceptors (Lipinski definition) is 6. The van der Waals surface area contributed by atoms with Crippen LogP contribution in [0.3, 0.4) is 0 Å². The number of benzene rings is 1. The van der Waals surface area contributed by atoms with E-state index in [0.29, 0.717) is 11.3 Å². The number of imide groups is 1. The molecule has 10 heteroatoms. The van der Waals surface area contributed by atoms with E-state index in [2.05, 4.69) is 5.32 Å². The molecule has 0 atom stereocenters. The molecular formula is C15H17N3O5S2. The van der Waals surface area contributed by atoms with Gasteiger partial charge < -0.3 is 5.32 Å². The molecule has 0 spiro atoms. The van der Waals surface area contributed by atoms with Crippen molar-refractivity contribution in [3.8, 4) is 0 Å². The highest BCUT2D eigenvalue weighted by atomic mass is 32.2. The second-order valence-corrected chi connectivity index (χ2v) is 8.79. The van der Waals surface area contributed by atoms with E-state index in [1.165, 1.54) is 23.4 Å². The van der Waals surface area contributed by atoms with Crippen molar-refractivity contribution in [1.82, 2.24) is 9.21 Å². The molecule has 0 unspecified atom stereocenters. The summed E-state index contributed by atoms with van der Waals surface area (Å²) in [5.41, 5.74) is 1.04. The quantitative estimate of drug-likeness (QED) is 0.833. The van der Waals surface area contributed by atoms with E-state index < -0.39 is 16.1 Å². The first-order valence-corrected chi connectivity index (χ1v) is 10.00. The Hall–Kier alpha value is -1.91. The number of rotatable bonds is 4. The van der Waals surface area contributed by atoms with Crippen molar-refractivity contribution in [2.45, 2.75) is 24.8 Å². The summed E-state index contributed by atoms with van der Waals surface area (Å²) < 4.78 is 26.7. The lowest BCUT2D eigenvalue weighted by atomic mass is 10.1. The van der Waals surface area contributed by atoms with E-state index in [9.17, 15) is 22.8 Å². The molecule has 2 saturated heterocycles. The summed E-state index contributed by atoms with van der Waals surface area (Å²) in [7, 11) is -3.71. The van der Waals surface area contributed by atoms with E-state index in [4.69, 9.17) is 0 Å². The lowest BCUT2D eigenvalue weighted by Crippen LogP contribution is -2.61. The minimum atomic E-state index is -3.71. The maximum Gasteiger partial charge on any atom is 0.289 e. The highest BCUT2D eigenvalue weighted by Gasteiger charge is 2.46. The van der Waals surface area contributed by atoms with Gasteiger partial charge in [0, 0.05) is 25.7 Å². The molecule has 3 amide bonds. The molecule has 0 aromatic heterocycles. The van der Waals surface area contributed by atoms with Gasteiger partial charge in [-0.1, -0.05) is 11.8 Å². The van der Waals surface area contributed by atoms with Crippen LogP contribution in [0.15, 0.2) is 23.1 Å². The summed E-state index contributed by atoms with van der Waals surface area (Å²) >= 11 is 0.940. The average molecular weight is 383 g/mol. The van der Waals surface area contributed by atoms with Gasteiger partial charge in [-0.3, -0.25) is 19.3 Å². The number of aryl methyl sites for hydroxylation is 1. The molecule has 1 aromatic rings. The van der Waals surface area contributed by atoms with Gasteiger partial charge in [0.1, 0.15) is 0 Å². The van der Waals surface area contributed by atoms with Gasteiger partial charge >= 0.3 is 0 Å². The fourth-order valence-electron chi connectivity index (χ4n) is 2.85. The van der Waals surface area contributed by atoms with Crippen LogP contribution in [-0.2, 0) is 19.6 Å². The molecule has 2 aliphatic heterocycles. The van der Waals surface area contributed by atoms with Crippen molar-refractivity contribution in [3.63, 3.8) is 0 Å². The topological polar surface area (TPSA) is 104 Å². The van der Waals surface area contributed by atoms with Gasteiger partial charge in [-0.2, -0.15) is 4.31 Å². The Kier molecular flexibility index (Phi) is 4.60. The molecule has 0 aliphatic carbocycles. The first-order valence-electron chi connectivity index (χ1n) is 7.57. The van der Waals surface area contributed by atoms with E-state index in [1.807, 2.05) is 0 Å². The Morgan fingerprint density at radius 1 is 1.28 bits per heavy atom. The average Bonchev–Trinajstić information content (AvgIpc) is 2.77. The van der Waals surface area contributed by atoms with Crippen molar-refractivity contribution in [2.24, 2.45) is 0 Å². The number of amides is 3. The molecule has 3 rings (SSSR count). The number of nitrogens with zero attached hydrogens (tertiary/aromatic N) is 2. The standard InChI is InChI=1S/C15H17N3O5S2/c1-9-5-11(16-10(2)19)3-4-13(9)25(22,23)17-6-12(7-17)18-14(20)8-24-15(18)21/h3-5,12H,6-8H2,1-2H3,(H,16,19). The van der Waals surface area contributed by atoms with Gasteiger partial charge in [0.05, 0.1) is 16.7 Å². The predicted octanol–water partition coefficient (Wildman–Crippen LogP) is 1.02. The van der Waals surface area contributed by atoms with Crippen LogP contribution >= 0.6 is 11.8 Å². The zero-order valence-corrected chi connectivity index (χ0v) is 15.3. The second kappa shape index (κ2) is 6.43. The van der Waals surface area contributed by atoms with Crippen molar-refractivity contribution in [3.05, 3.63) is 23.8 Å². The van der Waals surface area contributed by atoms with E-state index in [1.54, 1.807) is 13.0 Å². The monoisotopic (exact) mass is 383 g/mol. The van der Waals surface area contributed by atoms with Gasteiger partial charge in [-0.25, -0.2) is 8.42 Å². The highest BCUT2D eigenvalue weighted by Crippen LogP contribution is 2.31. The van der Waals surface area contributed by atoms with Gasteiger partial charge in [-0.15, -0.1) is 0 Å². The molecule has 1 aromatic carbocycles. The molecule has 8 nitrogen and oxygen atoms in total. The van der Waals surface area contributed by atoms with E-state index in [-0.39, 0.29) is 40.8 Å². The Morgan fingerprint density at radius 3 is 2.48 bits per heavy atom. The SMILES string of the molecule is CC(=O)Nc1ccc(S(=O)(=O)N2CC(N3C(=O)CSC3=O)C2)c(C)c1. The van der Waals surface area contributed by atoms with Crippen LogP contribution in [0.5, 0.6) is 0 Å². The van der Waals surface area contributed by atoms with Gasteiger partial charge in [0.15, 0.2) is 0 Å². The molecule has 2 fully saturated rings. The van der Waals surface area contributed by atoms with Gasteiger partial charge in [0.25, 0.3) is 5.24 Å². The molecule has 1 N–H and O–H groups in total. The van der Waals surface area contributed by atoms with E-state index >= 15 is 0 Å². The predicted molar refractivity (Wildman–Crippen MR) is 92.7 cm³/mol. The summed E-state index contributed by atoms with van der Waals surface area (Å²) in [6.45, 7) is 3.24. The molecule has 0 saturated carbocycles. The Labute approximate surface area is 149 Å². The van der Waals surface area contributed by atoms with Crippen LogP contribution in [0.25, 0.3) is 0 Å². The molecule has 2 aliphatic rings. The Balaban J connectivity index is 1.74. The molecule has 134 valence electrons. The highest BCUT2D eigenvalue weighted by molar-refractivity contribution is 8.14. The van der Waals surface area contributed by atoms with Crippen LogP contribution in [0.1, 0.15) is 12.5 Å². The van der Waals surface area contributed by atoms with Crippen molar-refractivity contribution in [2.75, 3.05) is 24.2 Å². The normalized spacial score (nSPS) is 19.2. The van der Waals surface area contributed by atoms with Gasteiger partial charge in [0.2, 0.25) is 21.8 Å². The van der Waals surface area contributed by atoms with Crippen molar-refractivity contribution < 1.29 is 22.8 Å². The number of nitrogens with one attached hydrogen (secondary N) is 1. The maximum absolute atomic E-state index is 12.7. The number of thioether (sulfide) groups is 1. The number of sulfonamides is 1. The molecular weight excluding hydrogens is 366 g/mol. The first kappa shape index (κ1) is 17.9.